The maximum Gasteiger partial charge on any atom is 0.0965 e. The second kappa shape index (κ2) is 8.31. The maximum atomic E-state index is 4.64. The van der Waals surface area contributed by atoms with Crippen LogP contribution in [0.3, 0.4) is 0 Å². The fraction of sp³-hybridized carbons (Fsp3) is 0.688. The Balaban J connectivity index is 2.74. The lowest BCUT2D eigenvalue weighted by Gasteiger charge is -2.31. The SMILES string of the molecule is CCCC(CBr)(CCC)CSc1cc(C)cc(C)n1. The largest absolute Gasteiger partial charge is 0.247 e. The summed E-state index contributed by atoms with van der Waals surface area (Å²) in [7, 11) is 0. The molecule has 1 aromatic rings. The van der Waals surface area contributed by atoms with Gasteiger partial charge in [0, 0.05) is 16.8 Å². The average Bonchev–Trinajstić information content (AvgIpc) is 2.35. The molecule has 0 bridgehead atoms. The highest BCUT2D eigenvalue weighted by atomic mass is 79.9. The highest BCUT2D eigenvalue weighted by Crippen LogP contribution is 2.37. The molecule has 0 aliphatic heterocycles. The van der Waals surface area contributed by atoms with Crippen molar-refractivity contribution in [3.63, 3.8) is 0 Å². The maximum absolute atomic E-state index is 4.64. The second-order valence-electron chi connectivity index (χ2n) is 5.55. The van der Waals surface area contributed by atoms with Gasteiger partial charge in [-0.25, -0.2) is 4.98 Å². The summed E-state index contributed by atoms with van der Waals surface area (Å²) in [6.07, 6.45) is 5.10. The first kappa shape index (κ1) is 17.0. The fourth-order valence-corrected chi connectivity index (χ4v) is 4.95. The number of rotatable bonds is 8. The van der Waals surface area contributed by atoms with Crippen LogP contribution in [0.2, 0.25) is 0 Å². The van der Waals surface area contributed by atoms with Gasteiger partial charge >= 0.3 is 0 Å². The van der Waals surface area contributed by atoms with Crippen molar-refractivity contribution in [3.8, 4) is 0 Å². The highest BCUT2D eigenvalue weighted by Gasteiger charge is 2.27. The molecule has 0 saturated carbocycles. The third-order valence-electron chi connectivity index (χ3n) is 3.44. The van der Waals surface area contributed by atoms with E-state index in [4.69, 9.17) is 0 Å². The number of hydrogen-bond donors (Lipinski definition) is 0. The van der Waals surface area contributed by atoms with Crippen molar-refractivity contribution in [1.29, 1.82) is 0 Å². The molecule has 0 aliphatic carbocycles. The van der Waals surface area contributed by atoms with E-state index >= 15 is 0 Å². The fourth-order valence-electron chi connectivity index (χ4n) is 2.61. The Labute approximate surface area is 131 Å². The molecule has 0 amide bonds. The first-order valence-electron chi connectivity index (χ1n) is 7.19. The predicted octanol–water partition coefficient (Wildman–Crippen LogP) is 5.77. The molecule has 1 nitrogen and oxygen atoms in total. The van der Waals surface area contributed by atoms with Crippen LogP contribution in [-0.2, 0) is 0 Å². The molecule has 1 rings (SSSR count). The molecule has 0 spiro atoms. The van der Waals surface area contributed by atoms with E-state index < -0.39 is 0 Å². The lowest BCUT2D eigenvalue weighted by Crippen LogP contribution is -2.25. The molecule has 19 heavy (non-hydrogen) atoms. The van der Waals surface area contributed by atoms with Crippen LogP contribution in [0.5, 0.6) is 0 Å². The summed E-state index contributed by atoms with van der Waals surface area (Å²) in [5.41, 5.74) is 2.86. The van der Waals surface area contributed by atoms with E-state index in [-0.39, 0.29) is 0 Å². The van der Waals surface area contributed by atoms with Crippen LogP contribution in [0.15, 0.2) is 17.2 Å². The van der Waals surface area contributed by atoms with Gasteiger partial charge in [0.1, 0.15) is 0 Å². The van der Waals surface area contributed by atoms with Gasteiger partial charge in [-0.1, -0.05) is 42.6 Å². The zero-order valence-corrected chi connectivity index (χ0v) is 15.0. The number of aryl methyl sites for hydroxylation is 2. The molecule has 0 aromatic carbocycles. The van der Waals surface area contributed by atoms with Crippen molar-refractivity contribution in [3.05, 3.63) is 23.4 Å². The van der Waals surface area contributed by atoms with Gasteiger partial charge < -0.3 is 0 Å². The summed E-state index contributed by atoms with van der Waals surface area (Å²) in [5, 5.41) is 2.27. The monoisotopic (exact) mass is 343 g/mol. The van der Waals surface area contributed by atoms with E-state index in [0.717, 1.165) is 16.8 Å². The Kier molecular flexibility index (Phi) is 7.45. The standard InChI is InChI=1S/C16H26BrNS/c1-5-7-16(11-17,8-6-2)12-19-15-10-13(3)9-14(4)18-15/h9-10H,5-8,11-12H2,1-4H3. The number of nitrogens with zero attached hydrogens (tertiary/aromatic N) is 1. The number of hydrogen-bond acceptors (Lipinski definition) is 2. The molecule has 0 atom stereocenters. The van der Waals surface area contributed by atoms with Crippen LogP contribution in [-0.4, -0.2) is 16.1 Å². The van der Waals surface area contributed by atoms with Gasteiger partial charge in [0.15, 0.2) is 0 Å². The summed E-state index contributed by atoms with van der Waals surface area (Å²) in [6, 6.07) is 4.34. The summed E-state index contributed by atoms with van der Waals surface area (Å²) in [6.45, 7) is 8.79. The van der Waals surface area contributed by atoms with E-state index in [0.29, 0.717) is 5.41 Å². The van der Waals surface area contributed by atoms with Crippen molar-refractivity contribution < 1.29 is 0 Å². The summed E-state index contributed by atoms with van der Waals surface area (Å²) in [5.74, 6) is 1.16. The molecule has 1 heterocycles. The minimum absolute atomic E-state index is 0.424. The van der Waals surface area contributed by atoms with Crippen molar-refractivity contribution in [2.24, 2.45) is 5.41 Å². The van der Waals surface area contributed by atoms with Gasteiger partial charge in [0.05, 0.1) is 5.03 Å². The molecule has 108 valence electrons. The lowest BCUT2D eigenvalue weighted by atomic mass is 9.83. The Bertz CT molecular complexity index is 366. The normalized spacial score (nSPS) is 11.8. The third kappa shape index (κ3) is 5.47. The lowest BCUT2D eigenvalue weighted by molar-refractivity contribution is 0.320. The van der Waals surface area contributed by atoms with Crippen LogP contribution in [0.1, 0.15) is 50.8 Å². The van der Waals surface area contributed by atoms with Crippen LogP contribution in [0.25, 0.3) is 0 Å². The average molecular weight is 344 g/mol. The molecule has 0 fully saturated rings. The topological polar surface area (TPSA) is 12.9 Å². The molecule has 0 saturated heterocycles. The van der Waals surface area contributed by atoms with Crippen molar-refractivity contribution in [2.75, 3.05) is 11.1 Å². The van der Waals surface area contributed by atoms with Gasteiger partial charge in [-0.3, -0.25) is 0 Å². The minimum atomic E-state index is 0.424. The first-order valence-corrected chi connectivity index (χ1v) is 9.30. The number of alkyl halides is 1. The van der Waals surface area contributed by atoms with Crippen molar-refractivity contribution in [1.82, 2.24) is 4.98 Å². The van der Waals surface area contributed by atoms with Gasteiger partial charge in [-0.05, 0) is 49.8 Å². The predicted molar refractivity (Wildman–Crippen MR) is 90.5 cm³/mol. The van der Waals surface area contributed by atoms with Crippen LogP contribution in [0, 0.1) is 19.3 Å². The van der Waals surface area contributed by atoms with Gasteiger partial charge in [-0.15, -0.1) is 11.8 Å². The number of pyridine rings is 1. The van der Waals surface area contributed by atoms with Gasteiger partial charge in [0.2, 0.25) is 0 Å². The highest BCUT2D eigenvalue weighted by molar-refractivity contribution is 9.09. The molecule has 3 heteroatoms. The van der Waals surface area contributed by atoms with Gasteiger partial charge in [-0.2, -0.15) is 0 Å². The molecule has 0 radical (unpaired) electrons. The smallest absolute Gasteiger partial charge is 0.0965 e. The molecule has 1 aromatic heterocycles. The summed E-state index contributed by atoms with van der Waals surface area (Å²) >= 11 is 5.66. The van der Waals surface area contributed by atoms with E-state index in [1.54, 1.807) is 0 Å². The van der Waals surface area contributed by atoms with Crippen molar-refractivity contribution in [2.45, 2.75) is 58.4 Å². The number of halogens is 1. The quantitative estimate of drug-likeness (QED) is 0.438. The van der Waals surface area contributed by atoms with E-state index in [1.807, 2.05) is 11.8 Å². The first-order chi connectivity index (χ1) is 9.05. The molecule has 0 unspecified atom stereocenters. The van der Waals surface area contributed by atoms with Crippen LogP contribution < -0.4 is 0 Å². The van der Waals surface area contributed by atoms with E-state index in [1.165, 1.54) is 36.3 Å². The zero-order chi connectivity index (χ0) is 14.3. The molecular formula is C16H26BrNS. The number of aromatic nitrogens is 1. The molecule has 0 aliphatic rings. The Hall–Kier alpha value is -0.0200. The number of thioether (sulfide) groups is 1. The van der Waals surface area contributed by atoms with E-state index in [9.17, 15) is 0 Å². The Morgan fingerprint density at radius 3 is 2.26 bits per heavy atom. The summed E-state index contributed by atoms with van der Waals surface area (Å²) < 4.78 is 0. The van der Waals surface area contributed by atoms with Crippen LogP contribution in [0.4, 0.5) is 0 Å². The summed E-state index contributed by atoms with van der Waals surface area (Å²) in [4.78, 5) is 4.64. The molecular weight excluding hydrogens is 318 g/mol. The van der Waals surface area contributed by atoms with E-state index in [2.05, 4.69) is 60.7 Å². The van der Waals surface area contributed by atoms with Gasteiger partial charge in [0.25, 0.3) is 0 Å². The second-order valence-corrected chi connectivity index (χ2v) is 7.10. The molecule has 0 N–H and O–H groups in total. The third-order valence-corrected chi connectivity index (χ3v) is 5.90. The zero-order valence-electron chi connectivity index (χ0n) is 12.6. The Morgan fingerprint density at radius 1 is 1.16 bits per heavy atom. The Morgan fingerprint density at radius 2 is 1.79 bits per heavy atom. The van der Waals surface area contributed by atoms with Crippen LogP contribution >= 0.6 is 27.7 Å². The van der Waals surface area contributed by atoms with Crippen molar-refractivity contribution >= 4 is 27.7 Å². The minimum Gasteiger partial charge on any atom is -0.247 e.